The summed E-state index contributed by atoms with van der Waals surface area (Å²) >= 11 is 0. The van der Waals surface area contributed by atoms with Gasteiger partial charge in [-0.1, -0.05) is 19.6 Å². The van der Waals surface area contributed by atoms with Gasteiger partial charge in [0, 0.05) is 6.04 Å². The van der Waals surface area contributed by atoms with Crippen LogP contribution in [0.1, 0.15) is 20.8 Å². The summed E-state index contributed by atoms with van der Waals surface area (Å²) < 4.78 is 4.79. The molecule has 0 aliphatic rings. The second kappa shape index (κ2) is 12.6. The van der Waals surface area contributed by atoms with E-state index in [9.17, 15) is 4.79 Å². The normalized spacial score (nSPS) is 13.7. The van der Waals surface area contributed by atoms with Gasteiger partial charge in [0.2, 0.25) is 0 Å². The summed E-state index contributed by atoms with van der Waals surface area (Å²) in [5, 5.41) is 0. The molecule has 0 amide bonds. The lowest BCUT2D eigenvalue weighted by Crippen LogP contribution is -2.26. The Morgan fingerprint density at radius 2 is 1.80 bits per heavy atom. The Hall–Kier alpha value is -1.39. The average Bonchev–Trinajstić information content (AvgIpc) is 2.43. The largest absolute Gasteiger partial charge is 0.429 e. The van der Waals surface area contributed by atoms with Gasteiger partial charge < -0.3 is 14.5 Å². The van der Waals surface area contributed by atoms with E-state index in [0.717, 1.165) is 12.1 Å². The number of carbonyl (C=O) groups is 1. The highest BCUT2D eigenvalue weighted by atomic mass is 16.5. The van der Waals surface area contributed by atoms with Crippen LogP contribution in [0.2, 0.25) is 0 Å². The van der Waals surface area contributed by atoms with Crippen LogP contribution in [0.3, 0.4) is 0 Å². The highest BCUT2D eigenvalue weighted by molar-refractivity contribution is 5.43. The van der Waals surface area contributed by atoms with Gasteiger partial charge in [-0.3, -0.25) is 4.79 Å². The number of likely N-dealkylation sites (N-methyl/N-ethyl adjacent to an activating group) is 1. The van der Waals surface area contributed by atoms with E-state index >= 15 is 0 Å². The molecule has 4 nitrogen and oxygen atoms in total. The molecule has 20 heavy (non-hydrogen) atoms. The van der Waals surface area contributed by atoms with Gasteiger partial charge in [0.05, 0.1) is 0 Å². The third-order valence-electron chi connectivity index (χ3n) is 2.90. The van der Waals surface area contributed by atoms with Crippen LogP contribution in [0.25, 0.3) is 0 Å². The molecule has 0 aromatic rings. The zero-order valence-corrected chi connectivity index (χ0v) is 14.0. The summed E-state index contributed by atoms with van der Waals surface area (Å²) in [5.74, 6) is 0.536. The molecule has 0 aliphatic heterocycles. The number of ether oxygens (including phenoxy) is 1. The molecule has 1 atom stereocenters. The second-order valence-corrected chi connectivity index (χ2v) is 4.79. The van der Waals surface area contributed by atoms with E-state index in [4.69, 9.17) is 4.74 Å². The molecule has 0 radical (unpaired) electrons. The van der Waals surface area contributed by atoms with Gasteiger partial charge in [0.25, 0.3) is 6.47 Å². The van der Waals surface area contributed by atoms with Gasteiger partial charge in [-0.2, -0.15) is 0 Å². The molecule has 0 aliphatic carbocycles. The second-order valence-electron chi connectivity index (χ2n) is 4.79. The lowest BCUT2D eigenvalue weighted by Gasteiger charge is -2.21. The number of nitrogens with zero attached hydrogens (tertiary/aromatic N) is 2. The van der Waals surface area contributed by atoms with Crippen LogP contribution < -0.4 is 0 Å². The van der Waals surface area contributed by atoms with Crippen LogP contribution in [0.15, 0.2) is 36.1 Å². The Morgan fingerprint density at radius 3 is 2.05 bits per heavy atom. The molecule has 0 saturated heterocycles. The van der Waals surface area contributed by atoms with Crippen LogP contribution in [0.4, 0.5) is 0 Å². The van der Waals surface area contributed by atoms with Gasteiger partial charge in [0.1, 0.15) is 5.76 Å². The third-order valence-corrected chi connectivity index (χ3v) is 2.90. The van der Waals surface area contributed by atoms with Crippen LogP contribution in [0, 0.1) is 0 Å². The standard InChI is InChI=1S/C12H19NO2.C4H11N/c1-6-11(10(3)13(4)5)8-12(7-2)15-9-14;1-4-5(2)3/h6-10H,1H2,2-5H3;4H2,1-3H3/b11-8+,12-7+;. The first-order chi connectivity index (χ1) is 9.33. The lowest BCUT2D eigenvalue weighted by atomic mass is 10.1. The summed E-state index contributed by atoms with van der Waals surface area (Å²) in [7, 11) is 8.08. The van der Waals surface area contributed by atoms with Gasteiger partial charge >= 0.3 is 0 Å². The molecule has 0 rings (SSSR count). The Morgan fingerprint density at radius 1 is 1.30 bits per heavy atom. The minimum Gasteiger partial charge on any atom is -0.429 e. The number of carbonyl (C=O) groups excluding carboxylic acids is 1. The van der Waals surface area contributed by atoms with Crippen molar-refractivity contribution in [3.05, 3.63) is 36.1 Å². The first kappa shape index (κ1) is 20.9. The average molecular weight is 282 g/mol. The Balaban J connectivity index is 0. The van der Waals surface area contributed by atoms with Gasteiger partial charge in [-0.05, 0) is 66.3 Å². The highest BCUT2D eigenvalue weighted by Crippen LogP contribution is 2.12. The fraction of sp³-hybridized carbons (Fsp3) is 0.562. The molecule has 1 unspecified atom stereocenters. The maximum absolute atomic E-state index is 10.2. The zero-order valence-electron chi connectivity index (χ0n) is 14.0. The number of hydrogen-bond acceptors (Lipinski definition) is 4. The topological polar surface area (TPSA) is 32.8 Å². The van der Waals surface area contributed by atoms with Gasteiger partial charge in [-0.15, -0.1) is 0 Å². The minimum absolute atomic E-state index is 0.229. The number of allylic oxidation sites excluding steroid dienone is 2. The van der Waals surface area contributed by atoms with Crippen molar-refractivity contribution in [1.82, 2.24) is 9.80 Å². The molecular formula is C16H30N2O2. The molecule has 0 spiro atoms. The summed E-state index contributed by atoms with van der Waals surface area (Å²) in [6.07, 6.45) is 5.31. The predicted octanol–water partition coefficient (Wildman–Crippen LogP) is 2.69. The monoisotopic (exact) mass is 282 g/mol. The highest BCUT2D eigenvalue weighted by Gasteiger charge is 2.08. The molecule has 116 valence electrons. The smallest absolute Gasteiger partial charge is 0.298 e. The van der Waals surface area contributed by atoms with E-state index in [-0.39, 0.29) is 6.04 Å². The molecule has 0 fully saturated rings. The van der Waals surface area contributed by atoms with E-state index in [0.29, 0.717) is 12.2 Å². The molecule has 0 heterocycles. The summed E-state index contributed by atoms with van der Waals surface area (Å²) in [6, 6.07) is 0.229. The zero-order chi connectivity index (χ0) is 16.1. The van der Waals surface area contributed by atoms with Crippen LogP contribution in [-0.4, -0.2) is 57.0 Å². The number of rotatable bonds is 7. The van der Waals surface area contributed by atoms with Crippen molar-refractivity contribution in [2.75, 3.05) is 34.7 Å². The molecule has 0 N–H and O–H groups in total. The maximum atomic E-state index is 10.2. The molecule has 4 heteroatoms. The fourth-order valence-electron chi connectivity index (χ4n) is 1.05. The number of hydrogen-bond donors (Lipinski definition) is 0. The molecule has 0 saturated carbocycles. The van der Waals surface area contributed by atoms with E-state index in [2.05, 4.69) is 44.3 Å². The molecule has 0 bridgehead atoms. The summed E-state index contributed by atoms with van der Waals surface area (Å²) in [4.78, 5) is 14.4. The van der Waals surface area contributed by atoms with Crippen molar-refractivity contribution in [1.29, 1.82) is 0 Å². The van der Waals surface area contributed by atoms with E-state index in [1.54, 1.807) is 12.2 Å². The Kier molecular flexibility index (Phi) is 13.2. The van der Waals surface area contributed by atoms with E-state index < -0.39 is 0 Å². The lowest BCUT2D eigenvalue weighted by molar-refractivity contribution is -0.124. The van der Waals surface area contributed by atoms with Crippen molar-refractivity contribution in [2.24, 2.45) is 0 Å². The minimum atomic E-state index is 0.229. The molecule has 0 aromatic heterocycles. The molecule has 0 aromatic carbocycles. The van der Waals surface area contributed by atoms with Crippen molar-refractivity contribution in [2.45, 2.75) is 26.8 Å². The third kappa shape index (κ3) is 10.5. The van der Waals surface area contributed by atoms with Crippen LogP contribution in [-0.2, 0) is 9.53 Å². The van der Waals surface area contributed by atoms with Crippen molar-refractivity contribution < 1.29 is 9.53 Å². The van der Waals surface area contributed by atoms with E-state index in [1.165, 1.54) is 0 Å². The molecular weight excluding hydrogens is 252 g/mol. The summed E-state index contributed by atoms with van der Waals surface area (Å²) in [5.41, 5.74) is 1.01. The summed E-state index contributed by atoms with van der Waals surface area (Å²) in [6.45, 7) is 11.3. The quantitative estimate of drug-likeness (QED) is 0.408. The fourth-order valence-corrected chi connectivity index (χ4v) is 1.05. The van der Waals surface area contributed by atoms with Gasteiger partial charge in [-0.25, -0.2) is 0 Å². The van der Waals surface area contributed by atoms with Gasteiger partial charge in [0.15, 0.2) is 0 Å². The van der Waals surface area contributed by atoms with Crippen molar-refractivity contribution >= 4 is 6.47 Å². The predicted molar refractivity (Wildman–Crippen MR) is 86.6 cm³/mol. The SMILES string of the molecule is C=C/C(=C\C(=C/C)OC=O)C(C)N(C)C.CCN(C)C. The Labute approximate surface area is 124 Å². The van der Waals surface area contributed by atoms with Crippen LogP contribution in [0.5, 0.6) is 0 Å². The first-order valence-corrected chi connectivity index (χ1v) is 6.75. The van der Waals surface area contributed by atoms with Crippen LogP contribution >= 0.6 is 0 Å². The van der Waals surface area contributed by atoms with Crippen molar-refractivity contribution in [3.63, 3.8) is 0 Å². The Bertz CT molecular complexity index is 331. The maximum Gasteiger partial charge on any atom is 0.298 e. The first-order valence-electron chi connectivity index (χ1n) is 6.75. The van der Waals surface area contributed by atoms with Crippen molar-refractivity contribution in [3.8, 4) is 0 Å². The van der Waals surface area contributed by atoms with E-state index in [1.807, 2.05) is 27.1 Å².